The Kier molecular flexibility index (Phi) is 4.65. The molecular formula is C23H26N2O2. The van der Waals surface area contributed by atoms with Gasteiger partial charge in [-0.25, -0.2) is 0 Å². The number of carbonyl (C=O) groups excluding carboxylic acids is 1. The Morgan fingerprint density at radius 2 is 1.78 bits per heavy atom. The van der Waals surface area contributed by atoms with Gasteiger partial charge in [-0.15, -0.1) is 0 Å². The van der Waals surface area contributed by atoms with Gasteiger partial charge in [-0.2, -0.15) is 0 Å². The maximum absolute atomic E-state index is 12.7. The summed E-state index contributed by atoms with van der Waals surface area (Å²) in [4.78, 5) is 18.2. The molecule has 1 N–H and O–H groups in total. The minimum Gasteiger partial charge on any atom is -0.484 e. The van der Waals surface area contributed by atoms with Crippen molar-refractivity contribution in [3.63, 3.8) is 0 Å². The van der Waals surface area contributed by atoms with Gasteiger partial charge < -0.3 is 14.6 Å². The molecule has 1 aliphatic heterocycles. The second-order valence-corrected chi connectivity index (χ2v) is 7.57. The van der Waals surface area contributed by atoms with Crippen molar-refractivity contribution in [2.75, 3.05) is 19.7 Å². The molecule has 4 rings (SSSR count). The van der Waals surface area contributed by atoms with E-state index in [0.29, 0.717) is 0 Å². The predicted molar refractivity (Wildman–Crippen MR) is 108 cm³/mol. The summed E-state index contributed by atoms with van der Waals surface area (Å²) >= 11 is 0. The molecule has 140 valence electrons. The molecule has 0 fully saturated rings. The Morgan fingerprint density at radius 1 is 1.04 bits per heavy atom. The van der Waals surface area contributed by atoms with E-state index in [1.807, 2.05) is 24.0 Å². The van der Waals surface area contributed by atoms with Crippen LogP contribution in [0.2, 0.25) is 0 Å². The molecule has 3 aromatic rings. The number of aryl methyl sites for hydroxylation is 3. The second kappa shape index (κ2) is 7.10. The van der Waals surface area contributed by atoms with Crippen LogP contribution >= 0.6 is 0 Å². The van der Waals surface area contributed by atoms with Gasteiger partial charge in [0.15, 0.2) is 6.61 Å². The van der Waals surface area contributed by atoms with E-state index < -0.39 is 0 Å². The van der Waals surface area contributed by atoms with Crippen molar-refractivity contribution >= 4 is 16.8 Å². The number of benzene rings is 2. The number of ether oxygens (including phenoxy) is 1. The van der Waals surface area contributed by atoms with Crippen LogP contribution in [0.15, 0.2) is 36.4 Å². The Morgan fingerprint density at radius 3 is 2.59 bits per heavy atom. The van der Waals surface area contributed by atoms with Crippen molar-refractivity contribution in [1.29, 1.82) is 0 Å². The number of hydrogen-bond acceptors (Lipinski definition) is 2. The molecule has 1 aromatic heterocycles. The number of rotatable bonds is 3. The van der Waals surface area contributed by atoms with Crippen LogP contribution in [0.1, 0.15) is 27.9 Å². The summed E-state index contributed by atoms with van der Waals surface area (Å²) in [5.74, 6) is 0.844. The van der Waals surface area contributed by atoms with Gasteiger partial charge in [0.05, 0.1) is 0 Å². The summed E-state index contributed by atoms with van der Waals surface area (Å²) in [6.45, 7) is 7.75. The molecule has 0 bridgehead atoms. The lowest BCUT2D eigenvalue weighted by Gasteiger charge is -2.21. The average molecular weight is 362 g/mol. The Hall–Kier alpha value is -2.75. The van der Waals surface area contributed by atoms with Crippen molar-refractivity contribution in [3.05, 3.63) is 64.3 Å². The van der Waals surface area contributed by atoms with Crippen LogP contribution in [0.25, 0.3) is 10.9 Å². The molecule has 4 nitrogen and oxygen atoms in total. The standard InChI is InChI=1S/C23H26N2O2/c1-15-5-7-22(17(3)12-15)27-14-23(26)25-10-8-18-19-13-16(2)4-6-20(19)24-21(18)9-11-25/h4-7,12-13,24H,8-11,14H2,1-3H3. The summed E-state index contributed by atoms with van der Waals surface area (Å²) in [6.07, 6.45) is 1.74. The molecule has 4 heteroatoms. The van der Waals surface area contributed by atoms with Crippen molar-refractivity contribution in [2.24, 2.45) is 0 Å². The van der Waals surface area contributed by atoms with Gasteiger partial charge in [-0.05, 0) is 56.5 Å². The minimum absolute atomic E-state index is 0.0561. The zero-order valence-corrected chi connectivity index (χ0v) is 16.3. The average Bonchev–Trinajstić information content (AvgIpc) is 2.83. The molecule has 2 heterocycles. The first kappa shape index (κ1) is 17.7. The van der Waals surface area contributed by atoms with Crippen LogP contribution < -0.4 is 4.74 Å². The number of nitrogens with zero attached hydrogens (tertiary/aromatic N) is 1. The lowest BCUT2D eigenvalue weighted by atomic mass is 10.1. The maximum atomic E-state index is 12.7. The van der Waals surface area contributed by atoms with E-state index in [4.69, 9.17) is 4.74 Å². The zero-order chi connectivity index (χ0) is 19.0. The highest BCUT2D eigenvalue weighted by molar-refractivity contribution is 5.86. The number of H-pyrrole nitrogens is 1. The minimum atomic E-state index is 0.0561. The molecule has 0 saturated carbocycles. The molecule has 1 amide bonds. The largest absolute Gasteiger partial charge is 0.484 e. The first-order chi connectivity index (χ1) is 13.0. The van der Waals surface area contributed by atoms with Crippen molar-refractivity contribution in [3.8, 4) is 5.75 Å². The maximum Gasteiger partial charge on any atom is 0.260 e. The topological polar surface area (TPSA) is 45.3 Å². The number of aromatic amines is 1. The van der Waals surface area contributed by atoms with Crippen molar-refractivity contribution in [1.82, 2.24) is 9.88 Å². The zero-order valence-electron chi connectivity index (χ0n) is 16.3. The monoisotopic (exact) mass is 362 g/mol. The van der Waals surface area contributed by atoms with Crippen molar-refractivity contribution < 1.29 is 9.53 Å². The number of aromatic nitrogens is 1. The fourth-order valence-corrected chi connectivity index (χ4v) is 3.96. The Labute approximate surface area is 160 Å². The van der Waals surface area contributed by atoms with Crippen LogP contribution in [0, 0.1) is 20.8 Å². The third-order valence-corrected chi connectivity index (χ3v) is 5.45. The fraction of sp³-hybridized carbons (Fsp3) is 0.348. The van der Waals surface area contributed by atoms with Crippen LogP contribution in [-0.2, 0) is 17.6 Å². The first-order valence-corrected chi connectivity index (χ1v) is 9.59. The van der Waals surface area contributed by atoms with Crippen molar-refractivity contribution in [2.45, 2.75) is 33.6 Å². The molecular weight excluding hydrogens is 336 g/mol. The van der Waals surface area contributed by atoms with Gasteiger partial charge in [0.25, 0.3) is 5.91 Å². The molecule has 0 saturated heterocycles. The van der Waals surface area contributed by atoms with Crippen LogP contribution in [-0.4, -0.2) is 35.5 Å². The van der Waals surface area contributed by atoms with Crippen LogP contribution in [0.3, 0.4) is 0 Å². The number of amides is 1. The van der Waals surface area contributed by atoms with E-state index in [1.165, 1.54) is 33.3 Å². The van der Waals surface area contributed by atoms with Gasteiger partial charge in [0, 0.05) is 36.1 Å². The lowest BCUT2D eigenvalue weighted by molar-refractivity contribution is -0.133. The van der Waals surface area contributed by atoms with Gasteiger partial charge in [-0.1, -0.05) is 29.3 Å². The number of hydrogen-bond donors (Lipinski definition) is 1. The number of nitrogens with one attached hydrogen (secondary N) is 1. The summed E-state index contributed by atoms with van der Waals surface area (Å²) in [6, 6.07) is 12.6. The SMILES string of the molecule is Cc1ccc(OCC(=O)N2CCc3[nH]c4ccc(C)cc4c3CC2)c(C)c1. The third kappa shape index (κ3) is 3.57. The molecule has 0 spiro atoms. The number of carbonyl (C=O) groups is 1. The Balaban J connectivity index is 1.43. The van der Waals surface area contributed by atoms with E-state index in [1.54, 1.807) is 0 Å². The lowest BCUT2D eigenvalue weighted by Crippen LogP contribution is -2.36. The van der Waals surface area contributed by atoms with E-state index in [-0.39, 0.29) is 12.5 Å². The molecule has 2 aromatic carbocycles. The fourth-order valence-electron chi connectivity index (χ4n) is 3.96. The van der Waals surface area contributed by atoms with Gasteiger partial charge >= 0.3 is 0 Å². The molecule has 0 atom stereocenters. The predicted octanol–water partition coefficient (Wildman–Crippen LogP) is 4.10. The highest BCUT2D eigenvalue weighted by Gasteiger charge is 2.22. The van der Waals surface area contributed by atoms with E-state index in [9.17, 15) is 4.79 Å². The molecule has 0 unspecified atom stereocenters. The summed E-state index contributed by atoms with van der Waals surface area (Å²) in [7, 11) is 0. The van der Waals surface area contributed by atoms with Gasteiger partial charge in [0.1, 0.15) is 5.75 Å². The normalized spacial score (nSPS) is 14.1. The number of fused-ring (bicyclic) bond motifs is 3. The molecule has 0 aliphatic carbocycles. The van der Waals surface area contributed by atoms with Gasteiger partial charge in [0.2, 0.25) is 0 Å². The van der Waals surface area contributed by atoms with E-state index in [0.717, 1.165) is 37.2 Å². The summed E-state index contributed by atoms with van der Waals surface area (Å²) in [5, 5.41) is 1.30. The van der Waals surface area contributed by atoms with Gasteiger partial charge in [-0.3, -0.25) is 4.79 Å². The molecule has 27 heavy (non-hydrogen) atoms. The smallest absolute Gasteiger partial charge is 0.260 e. The highest BCUT2D eigenvalue weighted by Crippen LogP contribution is 2.27. The highest BCUT2D eigenvalue weighted by atomic mass is 16.5. The quantitative estimate of drug-likeness (QED) is 0.762. The first-order valence-electron chi connectivity index (χ1n) is 9.59. The Bertz CT molecular complexity index is 1000. The second-order valence-electron chi connectivity index (χ2n) is 7.57. The molecule has 1 aliphatic rings. The third-order valence-electron chi connectivity index (χ3n) is 5.45. The summed E-state index contributed by atoms with van der Waals surface area (Å²) < 4.78 is 5.79. The van der Waals surface area contributed by atoms with Crippen LogP contribution in [0.4, 0.5) is 0 Å². The van der Waals surface area contributed by atoms with E-state index >= 15 is 0 Å². The van der Waals surface area contributed by atoms with Crippen LogP contribution in [0.5, 0.6) is 5.75 Å². The summed E-state index contributed by atoms with van der Waals surface area (Å²) in [5.41, 5.74) is 7.35. The molecule has 0 radical (unpaired) electrons. The van der Waals surface area contributed by atoms with E-state index in [2.05, 4.69) is 43.1 Å².